The topological polar surface area (TPSA) is 43.1 Å². The lowest BCUT2D eigenvalue weighted by Crippen LogP contribution is -2.14. The van der Waals surface area contributed by atoms with Crippen LogP contribution in [0.2, 0.25) is 0 Å². The summed E-state index contributed by atoms with van der Waals surface area (Å²) in [6, 6.07) is 4.75. The van der Waals surface area contributed by atoms with E-state index >= 15 is 0 Å². The molecule has 0 radical (unpaired) electrons. The lowest BCUT2D eigenvalue weighted by atomic mass is 9.86. The molecule has 0 saturated heterocycles. The first-order chi connectivity index (χ1) is 7.83. The Morgan fingerprint density at radius 3 is 2.65 bits per heavy atom. The van der Waals surface area contributed by atoms with Crippen LogP contribution in [0.1, 0.15) is 38.3 Å². The Balaban J connectivity index is 2.69. The van der Waals surface area contributed by atoms with Crippen LogP contribution in [0.25, 0.3) is 5.57 Å². The van der Waals surface area contributed by atoms with Crippen molar-refractivity contribution >= 4 is 11.5 Å². The molecule has 3 heteroatoms. The van der Waals surface area contributed by atoms with Crippen LogP contribution < -0.4 is 5.73 Å². The van der Waals surface area contributed by atoms with Crippen LogP contribution in [-0.2, 0) is 10.2 Å². The zero-order valence-corrected chi connectivity index (χ0v) is 10.3. The molecule has 1 aromatic carbocycles. The van der Waals surface area contributed by atoms with Gasteiger partial charge in [0.05, 0.1) is 0 Å². The van der Waals surface area contributed by atoms with Gasteiger partial charge in [-0.2, -0.15) is 0 Å². The molecule has 0 aliphatic heterocycles. The van der Waals surface area contributed by atoms with Crippen LogP contribution in [-0.4, -0.2) is 5.91 Å². The molecular weight excluding hydrogens is 217 g/mol. The number of benzene rings is 1. The predicted molar refractivity (Wildman–Crippen MR) is 65.8 cm³/mol. The van der Waals surface area contributed by atoms with Crippen molar-refractivity contribution in [2.75, 3.05) is 0 Å². The monoisotopic (exact) mass is 233 g/mol. The molecule has 2 nitrogen and oxygen atoms in total. The summed E-state index contributed by atoms with van der Waals surface area (Å²) in [6.45, 7) is 5.88. The van der Waals surface area contributed by atoms with E-state index < -0.39 is 5.91 Å². The van der Waals surface area contributed by atoms with Crippen molar-refractivity contribution in [3.63, 3.8) is 0 Å². The summed E-state index contributed by atoms with van der Waals surface area (Å²) < 4.78 is 13.3. The highest BCUT2D eigenvalue weighted by molar-refractivity contribution is 6.01. The molecule has 0 aromatic heterocycles. The molecule has 2 rings (SSSR count). The van der Waals surface area contributed by atoms with Gasteiger partial charge in [0.1, 0.15) is 5.82 Å². The van der Waals surface area contributed by atoms with Crippen molar-refractivity contribution in [2.24, 2.45) is 5.73 Å². The van der Waals surface area contributed by atoms with Crippen LogP contribution in [0, 0.1) is 5.82 Å². The summed E-state index contributed by atoms with van der Waals surface area (Å²) in [5.74, 6) is -0.718. The molecule has 0 unspecified atom stereocenters. The molecule has 17 heavy (non-hydrogen) atoms. The van der Waals surface area contributed by atoms with Crippen molar-refractivity contribution in [3.05, 3.63) is 40.7 Å². The standard InChI is InChI=1S/C14H16FNO/c1-8(13(16)17)11-7-14(2,3)12-5-4-9(15)6-10(11)12/h4-6H,7H2,1-3H3,(H2,16,17)/b11-8-. The number of allylic oxidation sites excluding steroid dienone is 1. The summed E-state index contributed by atoms with van der Waals surface area (Å²) in [5, 5.41) is 0. The van der Waals surface area contributed by atoms with E-state index in [1.54, 1.807) is 13.0 Å². The summed E-state index contributed by atoms with van der Waals surface area (Å²) >= 11 is 0. The van der Waals surface area contributed by atoms with Crippen molar-refractivity contribution in [1.29, 1.82) is 0 Å². The van der Waals surface area contributed by atoms with E-state index in [1.807, 2.05) is 0 Å². The van der Waals surface area contributed by atoms with E-state index in [2.05, 4.69) is 13.8 Å². The van der Waals surface area contributed by atoms with E-state index in [1.165, 1.54) is 12.1 Å². The van der Waals surface area contributed by atoms with Gasteiger partial charge < -0.3 is 5.73 Å². The maximum absolute atomic E-state index is 13.3. The minimum Gasteiger partial charge on any atom is -0.366 e. The fourth-order valence-corrected chi connectivity index (χ4v) is 2.47. The quantitative estimate of drug-likeness (QED) is 0.745. The van der Waals surface area contributed by atoms with E-state index in [4.69, 9.17) is 5.73 Å². The zero-order chi connectivity index (χ0) is 12.8. The molecule has 1 aromatic rings. The second kappa shape index (κ2) is 3.69. The molecule has 0 saturated carbocycles. The van der Waals surface area contributed by atoms with E-state index in [9.17, 15) is 9.18 Å². The van der Waals surface area contributed by atoms with E-state index in [0.29, 0.717) is 5.57 Å². The molecule has 0 atom stereocenters. The largest absolute Gasteiger partial charge is 0.366 e. The van der Waals surface area contributed by atoms with Crippen LogP contribution in [0.15, 0.2) is 23.8 Å². The first-order valence-electron chi connectivity index (χ1n) is 5.63. The molecule has 90 valence electrons. The van der Waals surface area contributed by atoms with Crippen molar-refractivity contribution in [1.82, 2.24) is 0 Å². The van der Waals surface area contributed by atoms with Gasteiger partial charge >= 0.3 is 0 Å². The van der Waals surface area contributed by atoms with Crippen molar-refractivity contribution in [3.8, 4) is 0 Å². The second-order valence-electron chi connectivity index (χ2n) is 5.22. The number of nitrogens with two attached hydrogens (primary N) is 1. The number of amides is 1. The number of rotatable bonds is 1. The van der Waals surface area contributed by atoms with Crippen LogP contribution in [0.5, 0.6) is 0 Å². The van der Waals surface area contributed by atoms with Gasteiger partial charge in [0.15, 0.2) is 0 Å². The zero-order valence-electron chi connectivity index (χ0n) is 10.3. The normalized spacial score (nSPS) is 20.0. The highest BCUT2D eigenvalue weighted by Gasteiger charge is 2.34. The Hall–Kier alpha value is -1.64. The summed E-state index contributed by atoms with van der Waals surface area (Å²) in [4.78, 5) is 11.3. The first-order valence-corrected chi connectivity index (χ1v) is 5.63. The summed E-state index contributed by atoms with van der Waals surface area (Å²) in [7, 11) is 0. The smallest absolute Gasteiger partial charge is 0.244 e. The van der Waals surface area contributed by atoms with E-state index in [-0.39, 0.29) is 11.2 Å². The molecule has 0 heterocycles. The minimum absolute atomic E-state index is 0.0743. The fourth-order valence-electron chi connectivity index (χ4n) is 2.47. The van der Waals surface area contributed by atoms with Gasteiger partial charge in [0.25, 0.3) is 0 Å². The number of primary amides is 1. The Morgan fingerprint density at radius 2 is 2.06 bits per heavy atom. The maximum atomic E-state index is 13.3. The summed E-state index contributed by atoms with van der Waals surface area (Å²) in [6.07, 6.45) is 0.723. The number of hydrogen-bond donors (Lipinski definition) is 1. The molecule has 0 spiro atoms. The van der Waals surface area contributed by atoms with Crippen molar-refractivity contribution < 1.29 is 9.18 Å². The Kier molecular flexibility index (Phi) is 2.57. The third-order valence-electron chi connectivity index (χ3n) is 3.48. The lowest BCUT2D eigenvalue weighted by molar-refractivity contribution is -0.114. The molecule has 1 amide bonds. The van der Waals surface area contributed by atoms with Crippen LogP contribution in [0.3, 0.4) is 0 Å². The van der Waals surface area contributed by atoms with Crippen LogP contribution >= 0.6 is 0 Å². The maximum Gasteiger partial charge on any atom is 0.244 e. The molecule has 0 fully saturated rings. The second-order valence-corrected chi connectivity index (χ2v) is 5.22. The number of halogens is 1. The SMILES string of the molecule is C/C(C(N)=O)=C1\CC(C)(C)c2ccc(F)cc21. The third kappa shape index (κ3) is 1.86. The fraction of sp³-hybridized carbons (Fsp3) is 0.357. The molecule has 0 bridgehead atoms. The highest BCUT2D eigenvalue weighted by atomic mass is 19.1. The Bertz CT molecular complexity index is 529. The van der Waals surface area contributed by atoms with Gasteiger partial charge in [-0.15, -0.1) is 0 Å². The molecule has 2 N–H and O–H groups in total. The number of fused-ring (bicyclic) bond motifs is 1. The van der Waals surface area contributed by atoms with Gasteiger partial charge in [-0.05, 0) is 47.6 Å². The van der Waals surface area contributed by atoms with Gasteiger partial charge in [-0.25, -0.2) is 4.39 Å². The average molecular weight is 233 g/mol. The number of carbonyl (C=O) groups excluding carboxylic acids is 1. The van der Waals surface area contributed by atoms with Crippen molar-refractivity contribution in [2.45, 2.75) is 32.6 Å². The van der Waals surface area contributed by atoms with Gasteiger partial charge in [0, 0.05) is 5.57 Å². The van der Waals surface area contributed by atoms with Crippen LogP contribution in [0.4, 0.5) is 4.39 Å². The van der Waals surface area contributed by atoms with E-state index in [0.717, 1.165) is 23.1 Å². The third-order valence-corrected chi connectivity index (χ3v) is 3.48. The molecular formula is C14H16FNO. The predicted octanol–water partition coefficient (Wildman–Crippen LogP) is 2.77. The summed E-state index contributed by atoms with van der Waals surface area (Å²) in [5.41, 5.74) is 8.54. The highest BCUT2D eigenvalue weighted by Crippen LogP contribution is 2.46. The van der Waals surface area contributed by atoms with Gasteiger partial charge in [-0.1, -0.05) is 19.9 Å². The average Bonchev–Trinajstić information content (AvgIpc) is 2.49. The Morgan fingerprint density at radius 1 is 1.41 bits per heavy atom. The Labute approximate surface area is 100 Å². The first kappa shape index (κ1) is 11.8. The van der Waals surface area contributed by atoms with Gasteiger partial charge in [-0.3, -0.25) is 4.79 Å². The number of hydrogen-bond acceptors (Lipinski definition) is 1. The number of carbonyl (C=O) groups is 1. The minimum atomic E-state index is -0.437. The molecule has 1 aliphatic rings. The molecule has 1 aliphatic carbocycles. The lowest BCUT2D eigenvalue weighted by Gasteiger charge is -2.18. The van der Waals surface area contributed by atoms with Gasteiger partial charge in [0.2, 0.25) is 5.91 Å².